The van der Waals surface area contributed by atoms with E-state index in [1.807, 2.05) is 0 Å². The number of amides is 1. The first kappa shape index (κ1) is 14.0. The molecule has 1 rings (SSSR count). The summed E-state index contributed by atoms with van der Waals surface area (Å²) >= 11 is 0. The van der Waals surface area contributed by atoms with Gasteiger partial charge in [-0.15, -0.1) is 0 Å². The van der Waals surface area contributed by atoms with E-state index in [0.717, 1.165) is 19.3 Å². The molecule has 3 unspecified atom stereocenters. The minimum Gasteiger partial charge on any atom is -0.481 e. The van der Waals surface area contributed by atoms with Crippen LogP contribution in [0.5, 0.6) is 0 Å². The highest BCUT2D eigenvalue weighted by Crippen LogP contribution is 2.42. The maximum atomic E-state index is 12.1. The van der Waals surface area contributed by atoms with Crippen LogP contribution in [0.3, 0.4) is 0 Å². The monoisotopic (exact) mass is 241 g/mol. The predicted octanol–water partition coefficient (Wildman–Crippen LogP) is 2.04. The topological polar surface area (TPSA) is 66.4 Å². The Hall–Kier alpha value is -1.06. The molecule has 0 heterocycles. The molecular weight excluding hydrogens is 218 g/mol. The maximum absolute atomic E-state index is 12.1. The van der Waals surface area contributed by atoms with Crippen molar-refractivity contribution in [3.63, 3.8) is 0 Å². The van der Waals surface area contributed by atoms with Gasteiger partial charge in [0, 0.05) is 12.0 Å². The van der Waals surface area contributed by atoms with Gasteiger partial charge in [0.1, 0.15) is 0 Å². The summed E-state index contributed by atoms with van der Waals surface area (Å²) in [6, 6.07) is -0.323. The summed E-state index contributed by atoms with van der Waals surface area (Å²) < 4.78 is 0. The molecule has 1 saturated carbocycles. The summed E-state index contributed by atoms with van der Waals surface area (Å²) in [7, 11) is 0. The molecule has 17 heavy (non-hydrogen) atoms. The van der Waals surface area contributed by atoms with Crippen molar-refractivity contribution < 1.29 is 14.7 Å². The standard InChI is InChI=1S/C13H23NO3/c1-8(12(16)17)9(2)14-11(15)10-6-5-7-13(10,3)4/h8-10H,5-7H2,1-4H3,(H,14,15)(H,16,17). The molecule has 0 spiro atoms. The lowest BCUT2D eigenvalue weighted by Crippen LogP contribution is -2.45. The molecule has 0 saturated heterocycles. The molecule has 0 aromatic heterocycles. The quantitative estimate of drug-likeness (QED) is 0.791. The second kappa shape index (κ2) is 5.07. The lowest BCUT2D eigenvalue weighted by Gasteiger charge is -2.28. The van der Waals surface area contributed by atoms with E-state index in [-0.39, 0.29) is 23.3 Å². The van der Waals surface area contributed by atoms with Crippen molar-refractivity contribution in [1.82, 2.24) is 5.32 Å². The first-order valence-corrected chi connectivity index (χ1v) is 6.29. The van der Waals surface area contributed by atoms with Crippen LogP contribution in [0, 0.1) is 17.3 Å². The third-order valence-corrected chi connectivity index (χ3v) is 4.08. The largest absolute Gasteiger partial charge is 0.481 e. The summed E-state index contributed by atoms with van der Waals surface area (Å²) in [6.45, 7) is 7.58. The Bertz CT molecular complexity index is 312. The average Bonchev–Trinajstić information content (AvgIpc) is 2.56. The van der Waals surface area contributed by atoms with Gasteiger partial charge >= 0.3 is 5.97 Å². The predicted molar refractivity (Wildman–Crippen MR) is 65.5 cm³/mol. The zero-order chi connectivity index (χ0) is 13.2. The van der Waals surface area contributed by atoms with E-state index in [1.54, 1.807) is 13.8 Å². The molecule has 4 heteroatoms. The van der Waals surface area contributed by atoms with E-state index in [2.05, 4.69) is 19.2 Å². The van der Waals surface area contributed by atoms with Gasteiger partial charge in [0.2, 0.25) is 5.91 Å². The third kappa shape index (κ3) is 3.20. The molecule has 1 fully saturated rings. The fraction of sp³-hybridized carbons (Fsp3) is 0.846. The molecule has 2 N–H and O–H groups in total. The number of carbonyl (C=O) groups is 2. The lowest BCUT2D eigenvalue weighted by molar-refractivity contribution is -0.142. The zero-order valence-corrected chi connectivity index (χ0v) is 11.1. The highest BCUT2D eigenvalue weighted by molar-refractivity contribution is 5.81. The summed E-state index contributed by atoms with van der Waals surface area (Å²) in [5.74, 6) is -1.40. The summed E-state index contributed by atoms with van der Waals surface area (Å²) in [4.78, 5) is 22.9. The van der Waals surface area contributed by atoms with Crippen LogP contribution in [0.25, 0.3) is 0 Å². The van der Waals surface area contributed by atoms with Gasteiger partial charge in [-0.05, 0) is 32.1 Å². The Labute approximate surface area is 103 Å². The number of nitrogens with one attached hydrogen (secondary N) is 1. The number of carboxylic acids is 1. The zero-order valence-electron chi connectivity index (χ0n) is 11.1. The van der Waals surface area contributed by atoms with Crippen LogP contribution in [0.2, 0.25) is 0 Å². The highest BCUT2D eigenvalue weighted by Gasteiger charge is 2.39. The second-order valence-electron chi connectivity index (χ2n) is 5.86. The van der Waals surface area contributed by atoms with Gasteiger partial charge in [0.25, 0.3) is 0 Å². The van der Waals surface area contributed by atoms with E-state index >= 15 is 0 Å². The van der Waals surface area contributed by atoms with Crippen LogP contribution in [0.15, 0.2) is 0 Å². The van der Waals surface area contributed by atoms with Crippen molar-refractivity contribution in [3.8, 4) is 0 Å². The van der Waals surface area contributed by atoms with Gasteiger partial charge in [0.05, 0.1) is 5.92 Å². The summed E-state index contributed by atoms with van der Waals surface area (Å²) in [6.07, 6.45) is 3.05. The first-order chi connectivity index (χ1) is 7.75. The minimum absolute atomic E-state index is 0.00750. The van der Waals surface area contributed by atoms with Crippen molar-refractivity contribution >= 4 is 11.9 Å². The average molecular weight is 241 g/mol. The van der Waals surface area contributed by atoms with E-state index in [4.69, 9.17) is 5.11 Å². The molecule has 0 aromatic rings. The first-order valence-electron chi connectivity index (χ1n) is 6.29. The number of hydrogen-bond acceptors (Lipinski definition) is 2. The fourth-order valence-corrected chi connectivity index (χ4v) is 2.48. The number of hydrogen-bond donors (Lipinski definition) is 2. The Morgan fingerprint density at radius 1 is 1.35 bits per heavy atom. The molecule has 1 aliphatic carbocycles. The molecule has 1 aliphatic rings. The van der Waals surface area contributed by atoms with Gasteiger partial charge in [-0.1, -0.05) is 20.3 Å². The number of carboxylic acid groups (broad SMARTS) is 1. The van der Waals surface area contributed by atoms with E-state index < -0.39 is 11.9 Å². The molecule has 0 radical (unpaired) electrons. The smallest absolute Gasteiger partial charge is 0.308 e. The Kier molecular flexibility index (Phi) is 4.17. The number of rotatable bonds is 4. The van der Waals surface area contributed by atoms with Gasteiger partial charge in [-0.25, -0.2) is 0 Å². The van der Waals surface area contributed by atoms with Crippen LogP contribution in [0.1, 0.15) is 47.0 Å². The molecule has 98 valence electrons. The fourth-order valence-electron chi connectivity index (χ4n) is 2.48. The van der Waals surface area contributed by atoms with E-state index in [1.165, 1.54) is 0 Å². The Morgan fingerprint density at radius 3 is 2.35 bits per heavy atom. The van der Waals surface area contributed by atoms with E-state index in [0.29, 0.717) is 0 Å². The molecular formula is C13H23NO3. The van der Waals surface area contributed by atoms with Gasteiger partial charge in [-0.2, -0.15) is 0 Å². The third-order valence-electron chi connectivity index (χ3n) is 4.08. The normalized spacial score (nSPS) is 26.2. The van der Waals surface area contributed by atoms with Crippen LogP contribution < -0.4 is 5.32 Å². The lowest BCUT2D eigenvalue weighted by atomic mass is 9.81. The minimum atomic E-state index is -0.872. The van der Waals surface area contributed by atoms with E-state index in [9.17, 15) is 9.59 Å². The second-order valence-corrected chi connectivity index (χ2v) is 5.86. The molecule has 1 amide bonds. The van der Waals surface area contributed by atoms with Crippen LogP contribution >= 0.6 is 0 Å². The Balaban J connectivity index is 2.58. The molecule has 0 aliphatic heterocycles. The summed E-state index contributed by atoms with van der Waals surface area (Å²) in [5, 5.41) is 11.7. The highest BCUT2D eigenvalue weighted by atomic mass is 16.4. The van der Waals surface area contributed by atoms with Crippen molar-refractivity contribution in [2.75, 3.05) is 0 Å². The van der Waals surface area contributed by atoms with Crippen molar-refractivity contribution in [2.24, 2.45) is 17.3 Å². The van der Waals surface area contributed by atoms with Crippen molar-refractivity contribution in [3.05, 3.63) is 0 Å². The van der Waals surface area contributed by atoms with Gasteiger partial charge < -0.3 is 10.4 Å². The van der Waals surface area contributed by atoms with Gasteiger partial charge in [0.15, 0.2) is 0 Å². The molecule has 3 atom stereocenters. The number of aliphatic carboxylic acids is 1. The van der Waals surface area contributed by atoms with Crippen LogP contribution in [0.4, 0.5) is 0 Å². The van der Waals surface area contributed by atoms with Crippen LogP contribution in [-0.2, 0) is 9.59 Å². The van der Waals surface area contributed by atoms with Crippen molar-refractivity contribution in [2.45, 2.75) is 53.0 Å². The maximum Gasteiger partial charge on any atom is 0.308 e. The SMILES string of the molecule is CC(NC(=O)C1CCCC1(C)C)C(C)C(=O)O. The van der Waals surface area contributed by atoms with Crippen molar-refractivity contribution in [1.29, 1.82) is 0 Å². The van der Waals surface area contributed by atoms with Crippen LogP contribution in [-0.4, -0.2) is 23.0 Å². The Morgan fingerprint density at radius 2 is 1.94 bits per heavy atom. The number of carbonyl (C=O) groups excluding carboxylic acids is 1. The van der Waals surface area contributed by atoms with Gasteiger partial charge in [-0.3, -0.25) is 9.59 Å². The molecule has 0 bridgehead atoms. The summed E-state index contributed by atoms with van der Waals surface area (Å²) in [5.41, 5.74) is 0.0380. The molecule has 0 aromatic carbocycles. The molecule has 4 nitrogen and oxygen atoms in total.